The van der Waals surface area contributed by atoms with Crippen molar-refractivity contribution in [1.82, 2.24) is 9.97 Å². The van der Waals surface area contributed by atoms with Crippen molar-refractivity contribution in [3.05, 3.63) is 48.8 Å². The fourth-order valence-electron chi connectivity index (χ4n) is 3.62. The number of rotatable bonds is 5. The van der Waals surface area contributed by atoms with Gasteiger partial charge < -0.3 is 19.7 Å². The zero-order valence-corrected chi connectivity index (χ0v) is 15.9. The maximum atomic E-state index is 13.1. The summed E-state index contributed by atoms with van der Waals surface area (Å²) in [7, 11) is 3.17. The number of para-hydroxylation sites is 1. The van der Waals surface area contributed by atoms with Gasteiger partial charge in [-0.1, -0.05) is 12.1 Å². The van der Waals surface area contributed by atoms with Crippen LogP contribution in [0.3, 0.4) is 0 Å². The lowest BCUT2D eigenvalue weighted by atomic mass is 10.1. The molecule has 1 saturated heterocycles. The molecule has 1 aromatic heterocycles. The standard InChI is InChI=1S/C21H22N4O3/c1-27-15-10-14(11-16(12-15)28-2)24-21(26)19-8-5-9-25(19)20-17-6-3-4-7-18(17)22-13-23-20/h3-4,6-7,10-13,19H,5,8-9H2,1-2H3,(H,24,26)/t19-/m0/s1. The van der Waals surface area contributed by atoms with Gasteiger partial charge in [-0.3, -0.25) is 4.79 Å². The van der Waals surface area contributed by atoms with E-state index in [9.17, 15) is 4.79 Å². The molecular formula is C21H22N4O3. The molecule has 1 fully saturated rings. The SMILES string of the molecule is COc1cc(NC(=O)[C@@H]2CCCN2c2ncnc3ccccc23)cc(OC)c1. The second kappa shape index (κ2) is 7.72. The summed E-state index contributed by atoms with van der Waals surface area (Å²) in [6.45, 7) is 0.778. The number of hydrogen-bond acceptors (Lipinski definition) is 6. The Kier molecular flexibility index (Phi) is 4.97. The summed E-state index contributed by atoms with van der Waals surface area (Å²) >= 11 is 0. The molecule has 3 aromatic rings. The normalized spacial score (nSPS) is 16.2. The van der Waals surface area contributed by atoms with E-state index in [2.05, 4.69) is 20.2 Å². The van der Waals surface area contributed by atoms with Crippen LogP contribution in [0.15, 0.2) is 48.8 Å². The van der Waals surface area contributed by atoms with Crippen LogP contribution in [0.4, 0.5) is 11.5 Å². The van der Waals surface area contributed by atoms with Crippen LogP contribution in [0.1, 0.15) is 12.8 Å². The van der Waals surface area contributed by atoms with Crippen LogP contribution in [0.2, 0.25) is 0 Å². The van der Waals surface area contributed by atoms with E-state index in [0.29, 0.717) is 17.2 Å². The second-order valence-corrected chi connectivity index (χ2v) is 6.66. The molecule has 0 spiro atoms. The minimum atomic E-state index is -0.296. The van der Waals surface area contributed by atoms with Crippen LogP contribution in [-0.2, 0) is 4.79 Å². The number of ether oxygens (including phenoxy) is 2. The Morgan fingerprint density at radius 3 is 2.61 bits per heavy atom. The predicted molar refractivity (Wildman–Crippen MR) is 108 cm³/mol. The van der Waals surface area contributed by atoms with Crippen LogP contribution in [0.5, 0.6) is 11.5 Å². The highest BCUT2D eigenvalue weighted by Crippen LogP contribution is 2.31. The van der Waals surface area contributed by atoms with E-state index in [1.807, 2.05) is 24.3 Å². The summed E-state index contributed by atoms with van der Waals surface area (Å²) in [4.78, 5) is 23.9. The Morgan fingerprint density at radius 2 is 1.86 bits per heavy atom. The lowest BCUT2D eigenvalue weighted by molar-refractivity contribution is -0.117. The minimum Gasteiger partial charge on any atom is -0.497 e. The Labute approximate surface area is 163 Å². The van der Waals surface area contributed by atoms with Gasteiger partial charge >= 0.3 is 0 Å². The topological polar surface area (TPSA) is 76.6 Å². The Balaban J connectivity index is 1.61. The van der Waals surface area contributed by atoms with Gasteiger partial charge in [-0.15, -0.1) is 0 Å². The van der Waals surface area contributed by atoms with Gasteiger partial charge in [0.25, 0.3) is 0 Å². The maximum absolute atomic E-state index is 13.1. The number of carbonyl (C=O) groups excluding carboxylic acids is 1. The van der Waals surface area contributed by atoms with Crippen LogP contribution >= 0.6 is 0 Å². The molecule has 2 heterocycles. The Hall–Kier alpha value is -3.35. The average molecular weight is 378 g/mol. The largest absolute Gasteiger partial charge is 0.497 e. The number of nitrogens with one attached hydrogen (secondary N) is 1. The van der Waals surface area contributed by atoms with Crippen molar-refractivity contribution in [2.45, 2.75) is 18.9 Å². The monoisotopic (exact) mass is 378 g/mol. The lowest BCUT2D eigenvalue weighted by Gasteiger charge is -2.26. The van der Waals surface area contributed by atoms with E-state index in [1.54, 1.807) is 38.7 Å². The molecule has 1 aliphatic heterocycles. The van der Waals surface area contributed by atoms with Crippen molar-refractivity contribution in [3.63, 3.8) is 0 Å². The van der Waals surface area contributed by atoms with Crippen molar-refractivity contribution >= 4 is 28.3 Å². The first-order chi connectivity index (χ1) is 13.7. The molecule has 1 atom stereocenters. The Bertz CT molecular complexity index is 980. The second-order valence-electron chi connectivity index (χ2n) is 6.66. The maximum Gasteiger partial charge on any atom is 0.247 e. The third kappa shape index (κ3) is 3.43. The number of hydrogen-bond donors (Lipinski definition) is 1. The highest BCUT2D eigenvalue weighted by molar-refractivity contribution is 5.99. The number of nitrogens with zero attached hydrogens (tertiary/aromatic N) is 3. The van der Waals surface area contributed by atoms with Crippen molar-refractivity contribution in [2.24, 2.45) is 0 Å². The molecule has 28 heavy (non-hydrogen) atoms. The zero-order chi connectivity index (χ0) is 19.5. The van der Waals surface area contributed by atoms with E-state index in [-0.39, 0.29) is 11.9 Å². The zero-order valence-electron chi connectivity index (χ0n) is 15.9. The fraction of sp³-hybridized carbons (Fsp3) is 0.286. The molecule has 0 bridgehead atoms. The van der Waals surface area contributed by atoms with Gasteiger partial charge in [0.2, 0.25) is 5.91 Å². The van der Waals surface area contributed by atoms with Gasteiger partial charge in [-0.05, 0) is 25.0 Å². The lowest BCUT2D eigenvalue weighted by Crippen LogP contribution is -2.40. The van der Waals surface area contributed by atoms with Crippen molar-refractivity contribution in [1.29, 1.82) is 0 Å². The van der Waals surface area contributed by atoms with Crippen LogP contribution < -0.4 is 19.7 Å². The van der Waals surface area contributed by atoms with E-state index in [4.69, 9.17) is 9.47 Å². The van der Waals surface area contributed by atoms with Crippen LogP contribution in [0, 0.1) is 0 Å². The first kappa shape index (κ1) is 18.0. The minimum absolute atomic E-state index is 0.0736. The van der Waals surface area contributed by atoms with Gasteiger partial charge in [-0.2, -0.15) is 0 Å². The number of anilines is 2. The van der Waals surface area contributed by atoms with Crippen molar-refractivity contribution < 1.29 is 14.3 Å². The molecule has 1 aliphatic rings. The number of amides is 1. The molecule has 0 radical (unpaired) electrons. The molecule has 144 valence electrons. The predicted octanol–water partition coefficient (Wildman–Crippen LogP) is 3.25. The molecule has 1 N–H and O–H groups in total. The van der Waals surface area contributed by atoms with Gasteiger partial charge in [-0.25, -0.2) is 9.97 Å². The molecule has 7 nitrogen and oxygen atoms in total. The van der Waals surface area contributed by atoms with E-state index >= 15 is 0 Å². The fourth-order valence-corrected chi connectivity index (χ4v) is 3.62. The number of carbonyl (C=O) groups is 1. The highest BCUT2D eigenvalue weighted by atomic mass is 16.5. The molecule has 0 unspecified atom stereocenters. The third-order valence-electron chi connectivity index (χ3n) is 4.97. The molecule has 0 aliphatic carbocycles. The Morgan fingerprint density at radius 1 is 1.11 bits per heavy atom. The summed E-state index contributed by atoms with van der Waals surface area (Å²) in [6, 6.07) is 12.9. The number of methoxy groups -OCH3 is 2. The first-order valence-corrected chi connectivity index (χ1v) is 9.20. The molecule has 4 rings (SSSR count). The molecule has 2 aromatic carbocycles. The number of aromatic nitrogens is 2. The van der Waals surface area contributed by atoms with Gasteiger partial charge in [0.05, 0.1) is 19.7 Å². The summed E-state index contributed by atoms with van der Waals surface area (Å²) in [6.07, 6.45) is 3.25. The average Bonchev–Trinajstić information content (AvgIpc) is 3.22. The van der Waals surface area contributed by atoms with Crippen molar-refractivity contribution in [3.8, 4) is 11.5 Å². The van der Waals surface area contributed by atoms with Gasteiger partial charge in [0.15, 0.2) is 0 Å². The highest BCUT2D eigenvalue weighted by Gasteiger charge is 2.32. The number of fused-ring (bicyclic) bond motifs is 1. The molecular weight excluding hydrogens is 356 g/mol. The number of benzene rings is 2. The summed E-state index contributed by atoms with van der Waals surface area (Å²) < 4.78 is 10.6. The van der Waals surface area contributed by atoms with Crippen LogP contribution in [0.25, 0.3) is 10.9 Å². The van der Waals surface area contributed by atoms with E-state index in [1.165, 1.54) is 0 Å². The summed E-state index contributed by atoms with van der Waals surface area (Å²) in [5, 5.41) is 3.95. The smallest absolute Gasteiger partial charge is 0.247 e. The molecule has 0 saturated carbocycles. The summed E-state index contributed by atoms with van der Waals surface area (Å²) in [5.74, 6) is 1.97. The summed E-state index contributed by atoms with van der Waals surface area (Å²) in [5.41, 5.74) is 1.51. The van der Waals surface area contributed by atoms with Crippen LogP contribution in [-0.4, -0.2) is 42.7 Å². The first-order valence-electron chi connectivity index (χ1n) is 9.20. The van der Waals surface area contributed by atoms with Gasteiger partial charge in [0, 0.05) is 35.8 Å². The molecule has 1 amide bonds. The quantitative estimate of drug-likeness (QED) is 0.734. The van der Waals surface area contributed by atoms with Crippen molar-refractivity contribution in [2.75, 3.05) is 31.0 Å². The van der Waals surface area contributed by atoms with E-state index < -0.39 is 0 Å². The van der Waals surface area contributed by atoms with Gasteiger partial charge in [0.1, 0.15) is 29.7 Å². The molecule has 7 heteroatoms. The third-order valence-corrected chi connectivity index (χ3v) is 4.97. The van der Waals surface area contributed by atoms with E-state index in [0.717, 1.165) is 36.1 Å².